The van der Waals surface area contributed by atoms with Crippen LogP contribution in [0.1, 0.15) is 9.88 Å². The minimum absolute atomic E-state index is 0. The highest BCUT2D eigenvalue weighted by Crippen LogP contribution is 2.16. The maximum absolute atomic E-state index is 5.83. The lowest BCUT2D eigenvalue weighted by Gasteiger charge is -2.06. The SMILES string of the molecule is COc1cccc(NC(N)=NCc2cnc(C)s2)c1.I. The second-order valence-electron chi connectivity index (χ2n) is 3.90. The van der Waals surface area contributed by atoms with Gasteiger partial charge in [0.25, 0.3) is 0 Å². The minimum atomic E-state index is 0. The van der Waals surface area contributed by atoms with E-state index >= 15 is 0 Å². The number of guanidine groups is 1. The number of aromatic nitrogens is 1. The number of rotatable bonds is 4. The average Bonchev–Trinajstić information content (AvgIpc) is 2.82. The van der Waals surface area contributed by atoms with Crippen molar-refractivity contribution in [3.63, 3.8) is 0 Å². The molecule has 0 saturated heterocycles. The summed E-state index contributed by atoms with van der Waals surface area (Å²) in [7, 11) is 1.63. The first kappa shape index (κ1) is 16.7. The smallest absolute Gasteiger partial charge is 0.193 e. The fraction of sp³-hybridized carbons (Fsp3) is 0.231. The molecule has 20 heavy (non-hydrogen) atoms. The second kappa shape index (κ2) is 8.05. The van der Waals surface area contributed by atoms with Gasteiger partial charge in [-0.2, -0.15) is 0 Å². The molecule has 5 nitrogen and oxygen atoms in total. The summed E-state index contributed by atoms with van der Waals surface area (Å²) in [4.78, 5) is 9.53. The van der Waals surface area contributed by atoms with Crippen molar-refractivity contribution >= 4 is 47.0 Å². The highest BCUT2D eigenvalue weighted by Gasteiger charge is 1.99. The van der Waals surface area contributed by atoms with Crippen molar-refractivity contribution in [2.24, 2.45) is 10.7 Å². The van der Waals surface area contributed by atoms with Gasteiger partial charge in [0.05, 0.1) is 18.7 Å². The van der Waals surface area contributed by atoms with Crippen molar-refractivity contribution in [2.75, 3.05) is 12.4 Å². The largest absolute Gasteiger partial charge is 0.497 e. The number of hydrogen-bond donors (Lipinski definition) is 2. The molecule has 0 amide bonds. The van der Waals surface area contributed by atoms with Crippen LogP contribution in [-0.2, 0) is 6.54 Å². The number of aliphatic imine (C=N–C) groups is 1. The number of nitrogens with zero attached hydrogens (tertiary/aromatic N) is 2. The molecule has 2 rings (SSSR count). The van der Waals surface area contributed by atoms with Crippen molar-refractivity contribution in [3.05, 3.63) is 40.3 Å². The predicted molar refractivity (Wildman–Crippen MR) is 94.2 cm³/mol. The number of nitrogens with one attached hydrogen (secondary N) is 1. The summed E-state index contributed by atoms with van der Waals surface area (Å²) in [5.41, 5.74) is 6.68. The van der Waals surface area contributed by atoms with E-state index in [1.165, 1.54) is 0 Å². The van der Waals surface area contributed by atoms with Crippen molar-refractivity contribution in [2.45, 2.75) is 13.5 Å². The maximum atomic E-state index is 5.83. The standard InChI is InChI=1S/C13H16N4OS.HI/c1-9-15-7-12(19-9)8-16-13(14)17-10-4-3-5-11(6-10)18-2;/h3-7H,8H2,1-2H3,(H3,14,16,17);1H. The number of methoxy groups -OCH3 is 1. The topological polar surface area (TPSA) is 72.5 Å². The van der Waals surface area contributed by atoms with Crippen LogP contribution in [0.4, 0.5) is 5.69 Å². The van der Waals surface area contributed by atoms with E-state index in [0.29, 0.717) is 12.5 Å². The molecular weight excluding hydrogens is 387 g/mol. The Morgan fingerprint density at radius 2 is 2.30 bits per heavy atom. The lowest BCUT2D eigenvalue weighted by Crippen LogP contribution is -2.22. The first-order chi connectivity index (χ1) is 9.17. The zero-order valence-corrected chi connectivity index (χ0v) is 14.4. The van der Waals surface area contributed by atoms with Crippen LogP contribution >= 0.6 is 35.3 Å². The molecule has 0 radical (unpaired) electrons. The molecule has 1 aromatic heterocycles. The summed E-state index contributed by atoms with van der Waals surface area (Å²) >= 11 is 1.62. The lowest BCUT2D eigenvalue weighted by molar-refractivity contribution is 0.415. The third kappa shape index (κ3) is 4.97. The third-order valence-electron chi connectivity index (χ3n) is 2.42. The molecule has 0 aliphatic rings. The van der Waals surface area contributed by atoms with Crippen molar-refractivity contribution in [1.29, 1.82) is 0 Å². The molecule has 1 aromatic carbocycles. The number of ether oxygens (including phenoxy) is 1. The van der Waals surface area contributed by atoms with Crippen LogP contribution in [-0.4, -0.2) is 18.1 Å². The fourth-order valence-electron chi connectivity index (χ4n) is 1.53. The summed E-state index contributed by atoms with van der Waals surface area (Å²) in [5.74, 6) is 1.15. The first-order valence-electron chi connectivity index (χ1n) is 5.79. The number of hydrogen-bond acceptors (Lipinski definition) is 4. The lowest BCUT2D eigenvalue weighted by atomic mass is 10.3. The normalized spacial score (nSPS) is 10.8. The molecule has 0 atom stereocenters. The molecule has 2 aromatic rings. The summed E-state index contributed by atoms with van der Waals surface area (Å²) in [6, 6.07) is 7.53. The van der Waals surface area contributed by atoms with Gasteiger partial charge in [-0.15, -0.1) is 35.3 Å². The molecule has 3 N–H and O–H groups in total. The number of aryl methyl sites for hydroxylation is 1. The highest BCUT2D eigenvalue weighted by atomic mass is 127. The predicted octanol–water partition coefficient (Wildman–Crippen LogP) is 3.00. The molecule has 0 aliphatic carbocycles. The Balaban J connectivity index is 0.00000200. The molecule has 0 aliphatic heterocycles. The van der Waals surface area contributed by atoms with E-state index in [4.69, 9.17) is 10.5 Å². The van der Waals surface area contributed by atoms with E-state index in [1.54, 1.807) is 18.4 Å². The van der Waals surface area contributed by atoms with Gasteiger partial charge in [-0.05, 0) is 19.1 Å². The Hall–Kier alpha value is -1.35. The monoisotopic (exact) mass is 404 g/mol. The maximum Gasteiger partial charge on any atom is 0.193 e. The Labute approximate surface area is 139 Å². The van der Waals surface area contributed by atoms with E-state index in [-0.39, 0.29) is 24.0 Å². The molecule has 0 saturated carbocycles. The number of anilines is 1. The van der Waals surface area contributed by atoms with E-state index in [2.05, 4.69) is 15.3 Å². The van der Waals surface area contributed by atoms with Crippen molar-refractivity contribution in [1.82, 2.24) is 4.98 Å². The number of halogens is 1. The van der Waals surface area contributed by atoms with Crippen LogP contribution in [0.2, 0.25) is 0 Å². The van der Waals surface area contributed by atoms with E-state index in [1.807, 2.05) is 37.4 Å². The Morgan fingerprint density at radius 3 is 2.95 bits per heavy atom. The molecule has 0 unspecified atom stereocenters. The molecular formula is C13H17IN4OS. The average molecular weight is 404 g/mol. The van der Waals surface area contributed by atoms with Crippen LogP contribution < -0.4 is 15.8 Å². The van der Waals surface area contributed by atoms with Gasteiger partial charge in [0.1, 0.15) is 5.75 Å². The van der Waals surface area contributed by atoms with Crippen molar-refractivity contribution < 1.29 is 4.74 Å². The number of benzene rings is 1. The highest BCUT2D eigenvalue weighted by molar-refractivity contribution is 14.0. The van der Waals surface area contributed by atoms with E-state index in [9.17, 15) is 0 Å². The van der Waals surface area contributed by atoms with Gasteiger partial charge >= 0.3 is 0 Å². The van der Waals surface area contributed by atoms with Gasteiger partial charge in [-0.25, -0.2) is 9.98 Å². The van der Waals surface area contributed by atoms with Gasteiger partial charge in [0.2, 0.25) is 0 Å². The molecule has 0 fully saturated rings. The van der Waals surface area contributed by atoms with Gasteiger partial charge in [-0.1, -0.05) is 6.07 Å². The van der Waals surface area contributed by atoms with Crippen LogP contribution in [0.15, 0.2) is 35.5 Å². The van der Waals surface area contributed by atoms with Crippen LogP contribution in [0.5, 0.6) is 5.75 Å². The fourth-order valence-corrected chi connectivity index (χ4v) is 2.25. The molecule has 108 valence electrons. The Kier molecular flexibility index (Phi) is 6.73. The number of nitrogens with two attached hydrogens (primary N) is 1. The van der Waals surface area contributed by atoms with Gasteiger partial charge in [-0.3, -0.25) is 0 Å². The Bertz CT molecular complexity index is 585. The van der Waals surface area contributed by atoms with Gasteiger partial charge in [0.15, 0.2) is 5.96 Å². The summed E-state index contributed by atoms with van der Waals surface area (Å²) in [5, 5.41) is 4.06. The quantitative estimate of drug-likeness (QED) is 0.467. The molecule has 0 bridgehead atoms. The summed E-state index contributed by atoms with van der Waals surface area (Å²) < 4.78 is 5.14. The first-order valence-corrected chi connectivity index (χ1v) is 6.61. The molecule has 0 spiro atoms. The van der Waals surface area contributed by atoms with Gasteiger partial charge in [0, 0.05) is 22.8 Å². The third-order valence-corrected chi connectivity index (χ3v) is 3.31. The zero-order valence-electron chi connectivity index (χ0n) is 11.3. The Morgan fingerprint density at radius 1 is 1.50 bits per heavy atom. The van der Waals surface area contributed by atoms with Crippen LogP contribution in [0, 0.1) is 6.92 Å². The van der Waals surface area contributed by atoms with Crippen molar-refractivity contribution in [3.8, 4) is 5.75 Å². The van der Waals surface area contributed by atoms with Crippen LogP contribution in [0.3, 0.4) is 0 Å². The second-order valence-corrected chi connectivity index (χ2v) is 5.22. The minimum Gasteiger partial charge on any atom is -0.497 e. The number of thiazole rings is 1. The molecule has 7 heteroatoms. The van der Waals surface area contributed by atoms with E-state index < -0.39 is 0 Å². The van der Waals surface area contributed by atoms with Gasteiger partial charge < -0.3 is 15.8 Å². The molecule has 1 heterocycles. The summed E-state index contributed by atoms with van der Waals surface area (Å²) in [6.45, 7) is 2.50. The van der Waals surface area contributed by atoms with Crippen LogP contribution in [0.25, 0.3) is 0 Å². The van der Waals surface area contributed by atoms with E-state index in [0.717, 1.165) is 21.3 Å². The zero-order chi connectivity index (χ0) is 13.7. The summed E-state index contributed by atoms with van der Waals surface area (Å²) in [6.07, 6.45) is 1.82.